The van der Waals surface area contributed by atoms with Gasteiger partial charge in [0.1, 0.15) is 0 Å². The Bertz CT molecular complexity index is 1060. The molecule has 0 bridgehead atoms. The maximum absolute atomic E-state index is 12.2. The standard InChI is InChI=1S/C19H20N8O2S/c1-12(16-5-3-4-10-21-16)23-24-18-25-26-19(27(18)20)30-11-17(29)22-15-8-6-14(7-9-15)13(2)28/h3-10H,11,20H2,1-2H3,(H,22,29)(H,24,25)/b23-12+. The highest BCUT2D eigenvalue weighted by Gasteiger charge is 2.12. The molecule has 0 spiro atoms. The van der Waals surface area contributed by atoms with E-state index in [1.54, 1.807) is 37.4 Å². The topological polar surface area (TPSA) is 140 Å². The third-order valence-electron chi connectivity index (χ3n) is 3.93. The van der Waals surface area contributed by atoms with E-state index >= 15 is 0 Å². The molecule has 1 amide bonds. The van der Waals surface area contributed by atoms with Crippen LogP contribution < -0.4 is 16.6 Å². The number of benzene rings is 1. The van der Waals surface area contributed by atoms with Gasteiger partial charge in [0.15, 0.2) is 5.78 Å². The highest BCUT2D eigenvalue weighted by atomic mass is 32.2. The number of hydrazone groups is 1. The summed E-state index contributed by atoms with van der Waals surface area (Å²) in [7, 11) is 0. The van der Waals surface area contributed by atoms with Crippen molar-refractivity contribution in [3.8, 4) is 0 Å². The summed E-state index contributed by atoms with van der Waals surface area (Å²) in [4.78, 5) is 27.7. The Balaban J connectivity index is 1.54. The first-order valence-corrected chi connectivity index (χ1v) is 9.88. The van der Waals surface area contributed by atoms with Crippen LogP contribution in [0.25, 0.3) is 0 Å². The predicted octanol–water partition coefficient (Wildman–Crippen LogP) is 2.16. The van der Waals surface area contributed by atoms with Crippen LogP contribution in [0.15, 0.2) is 58.9 Å². The van der Waals surface area contributed by atoms with Crippen molar-refractivity contribution in [3.63, 3.8) is 0 Å². The molecule has 1 aromatic carbocycles. The monoisotopic (exact) mass is 424 g/mol. The van der Waals surface area contributed by atoms with Crippen LogP contribution in [0.4, 0.5) is 11.6 Å². The molecule has 2 aromatic heterocycles. The Morgan fingerprint density at radius 1 is 1.13 bits per heavy atom. The number of nitrogens with two attached hydrogens (primary N) is 1. The Hall–Kier alpha value is -3.73. The lowest BCUT2D eigenvalue weighted by molar-refractivity contribution is -0.113. The molecule has 0 saturated carbocycles. The van der Waals surface area contributed by atoms with E-state index in [0.717, 1.165) is 17.5 Å². The zero-order valence-corrected chi connectivity index (χ0v) is 17.2. The first-order chi connectivity index (χ1) is 14.4. The summed E-state index contributed by atoms with van der Waals surface area (Å²) in [6.45, 7) is 3.29. The molecule has 0 unspecified atom stereocenters. The van der Waals surface area contributed by atoms with Crippen LogP contribution in [-0.2, 0) is 4.79 Å². The molecule has 0 fully saturated rings. The van der Waals surface area contributed by atoms with Crippen molar-refractivity contribution in [3.05, 3.63) is 59.9 Å². The lowest BCUT2D eigenvalue weighted by Crippen LogP contribution is -2.17. The van der Waals surface area contributed by atoms with Crippen molar-refractivity contribution in [1.82, 2.24) is 19.9 Å². The van der Waals surface area contributed by atoms with E-state index in [2.05, 4.69) is 31.0 Å². The van der Waals surface area contributed by atoms with Crippen molar-refractivity contribution >= 4 is 40.8 Å². The number of ketones is 1. The summed E-state index contributed by atoms with van der Waals surface area (Å²) in [5.74, 6) is 6.01. The molecule has 3 rings (SSSR count). The largest absolute Gasteiger partial charge is 0.334 e. The van der Waals surface area contributed by atoms with Crippen LogP contribution in [-0.4, -0.2) is 43.0 Å². The molecule has 154 valence electrons. The van der Waals surface area contributed by atoms with Gasteiger partial charge in [-0.2, -0.15) is 5.10 Å². The summed E-state index contributed by atoms with van der Waals surface area (Å²) < 4.78 is 1.22. The first-order valence-electron chi connectivity index (χ1n) is 8.90. The van der Waals surface area contributed by atoms with Gasteiger partial charge in [-0.1, -0.05) is 17.8 Å². The van der Waals surface area contributed by atoms with Gasteiger partial charge in [-0.3, -0.25) is 14.6 Å². The molecule has 0 aliphatic rings. The van der Waals surface area contributed by atoms with Gasteiger partial charge in [0.05, 0.1) is 17.2 Å². The number of rotatable bonds is 8. The number of nitrogens with zero attached hydrogens (tertiary/aromatic N) is 5. The second-order valence-corrected chi connectivity index (χ2v) is 7.11. The van der Waals surface area contributed by atoms with E-state index in [-0.39, 0.29) is 23.4 Å². The highest BCUT2D eigenvalue weighted by Crippen LogP contribution is 2.18. The molecule has 3 aromatic rings. The van der Waals surface area contributed by atoms with E-state index in [0.29, 0.717) is 22.1 Å². The molecule has 0 atom stereocenters. The fraction of sp³-hybridized carbons (Fsp3) is 0.158. The number of hydrogen-bond donors (Lipinski definition) is 3. The minimum absolute atomic E-state index is 0.0327. The van der Waals surface area contributed by atoms with Gasteiger partial charge in [0.2, 0.25) is 11.1 Å². The van der Waals surface area contributed by atoms with Crippen LogP contribution in [0.3, 0.4) is 0 Å². The zero-order chi connectivity index (χ0) is 21.5. The lowest BCUT2D eigenvalue weighted by atomic mass is 10.1. The van der Waals surface area contributed by atoms with E-state index in [9.17, 15) is 9.59 Å². The van der Waals surface area contributed by atoms with Crippen LogP contribution in [0.1, 0.15) is 29.9 Å². The van der Waals surface area contributed by atoms with Crippen molar-refractivity contribution in [2.45, 2.75) is 19.0 Å². The maximum Gasteiger partial charge on any atom is 0.264 e. The number of nitrogens with one attached hydrogen (secondary N) is 2. The van der Waals surface area contributed by atoms with Crippen LogP contribution >= 0.6 is 11.8 Å². The number of nitrogen functional groups attached to an aromatic ring is 1. The summed E-state index contributed by atoms with van der Waals surface area (Å²) in [5, 5.41) is 15.2. The number of thioether (sulfide) groups is 1. The van der Waals surface area contributed by atoms with Gasteiger partial charge in [-0.25, -0.2) is 10.1 Å². The molecule has 4 N–H and O–H groups in total. The van der Waals surface area contributed by atoms with Gasteiger partial charge in [-0.15, -0.1) is 10.2 Å². The van der Waals surface area contributed by atoms with Crippen LogP contribution in [0.5, 0.6) is 0 Å². The van der Waals surface area contributed by atoms with E-state index < -0.39 is 0 Å². The minimum Gasteiger partial charge on any atom is -0.334 e. The number of hydrogen-bond acceptors (Lipinski definition) is 9. The smallest absolute Gasteiger partial charge is 0.264 e. The summed E-state index contributed by atoms with van der Waals surface area (Å²) in [6, 6.07) is 12.2. The quantitative estimate of drug-likeness (QED) is 0.164. The molecule has 30 heavy (non-hydrogen) atoms. The van der Waals surface area contributed by atoms with Crippen molar-refractivity contribution < 1.29 is 9.59 Å². The van der Waals surface area contributed by atoms with Gasteiger partial charge in [-0.05, 0) is 50.2 Å². The average molecular weight is 424 g/mol. The number of amides is 1. The minimum atomic E-state index is -0.239. The maximum atomic E-state index is 12.2. The zero-order valence-electron chi connectivity index (χ0n) is 16.4. The second-order valence-electron chi connectivity index (χ2n) is 6.17. The second kappa shape index (κ2) is 9.65. The molecular weight excluding hydrogens is 404 g/mol. The van der Waals surface area contributed by atoms with E-state index in [1.165, 1.54) is 11.6 Å². The van der Waals surface area contributed by atoms with Crippen LogP contribution in [0.2, 0.25) is 0 Å². The summed E-state index contributed by atoms with van der Waals surface area (Å²) >= 11 is 1.13. The number of aromatic nitrogens is 4. The number of pyridine rings is 1. The highest BCUT2D eigenvalue weighted by molar-refractivity contribution is 7.99. The van der Waals surface area contributed by atoms with Gasteiger partial charge in [0.25, 0.3) is 5.95 Å². The molecule has 0 radical (unpaired) electrons. The number of anilines is 2. The Morgan fingerprint density at radius 2 is 1.90 bits per heavy atom. The lowest BCUT2D eigenvalue weighted by Gasteiger charge is -2.06. The van der Waals surface area contributed by atoms with Crippen molar-refractivity contribution in [2.75, 3.05) is 22.3 Å². The average Bonchev–Trinajstić information content (AvgIpc) is 3.11. The predicted molar refractivity (Wildman–Crippen MR) is 116 cm³/mol. The normalized spacial score (nSPS) is 11.2. The van der Waals surface area contributed by atoms with Gasteiger partial charge >= 0.3 is 0 Å². The van der Waals surface area contributed by atoms with Gasteiger partial charge in [0, 0.05) is 17.4 Å². The molecular formula is C19H20N8O2S. The fourth-order valence-corrected chi connectivity index (χ4v) is 2.99. The first kappa shape index (κ1) is 21.0. The Morgan fingerprint density at radius 3 is 2.57 bits per heavy atom. The number of carbonyl (C=O) groups excluding carboxylic acids is 2. The third kappa shape index (κ3) is 5.41. The van der Waals surface area contributed by atoms with Crippen molar-refractivity contribution in [2.24, 2.45) is 5.10 Å². The summed E-state index contributed by atoms with van der Waals surface area (Å²) in [6.07, 6.45) is 1.68. The number of carbonyl (C=O) groups is 2. The SMILES string of the molecule is CC(=O)c1ccc(NC(=O)CSc2nnc(N/N=C(\C)c3ccccn3)n2N)cc1. The molecule has 2 heterocycles. The summed E-state index contributed by atoms with van der Waals surface area (Å²) in [5.41, 5.74) is 5.30. The molecule has 11 heteroatoms. The van der Waals surface area contributed by atoms with Gasteiger partial charge < -0.3 is 11.2 Å². The molecule has 10 nitrogen and oxygen atoms in total. The molecule has 0 aliphatic heterocycles. The third-order valence-corrected chi connectivity index (χ3v) is 4.87. The van der Waals surface area contributed by atoms with Crippen LogP contribution in [0, 0.1) is 0 Å². The molecule has 0 aliphatic carbocycles. The fourth-order valence-electron chi connectivity index (χ4n) is 2.34. The Labute approximate surface area is 177 Å². The molecule has 0 saturated heterocycles. The van der Waals surface area contributed by atoms with Crippen molar-refractivity contribution in [1.29, 1.82) is 0 Å². The van der Waals surface area contributed by atoms with E-state index in [1.807, 2.05) is 18.2 Å². The van der Waals surface area contributed by atoms with E-state index in [4.69, 9.17) is 5.84 Å². The Kier molecular flexibility index (Phi) is 6.75. The number of Topliss-reactive ketones (excluding diaryl/α,β-unsaturated/α-hetero) is 1.